The summed E-state index contributed by atoms with van der Waals surface area (Å²) in [6, 6.07) is 0. The lowest BCUT2D eigenvalue weighted by atomic mass is 10.2. The highest BCUT2D eigenvalue weighted by Crippen LogP contribution is 2.16. The summed E-state index contributed by atoms with van der Waals surface area (Å²) in [5.41, 5.74) is 0. The molecule has 19 heavy (non-hydrogen) atoms. The summed E-state index contributed by atoms with van der Waals surface area (Å²) >= 11 is 0. The summed E-state index contributed by atoms with van der Waals surface area (Å²) < 4.78 is 13.7. The predicted molar refractivity (Wildman–Crippen MR) is 75.0 cm³/mol. The van der Waals surface area contributed by atoms with Crippen molar-refractivity contribution >= 4 is 11.8 Å². The van der Waals surface area contributed by atoms with E-state index in [1.807, 2.05) is 14.0 Å². The number of aliphatic hydroxyl groups excluding tert-OH is 1. The summed E-state index contributed by atoms with van der Waals surface area (Å²) in [4.78, 5) is 9.88. The van der Waals surface area contributed by atoms with E-state index in [0.717, 1.165) is 32.2 Å². The summed E-state index contributed by atoms with van der Waals surface area (Å²) in [6.07, 6.45) is 4.77. The highest BCUT2D eigenvalue weighted by molar-refractivity contribution is 5.43. The molecule has 2 N–H and O–H groups in total. The van der Waals surface area contributed by atoms with Gasteiger partial charge < -0.3 is 15.3 Å². The number of rotatable bonds is 9. The smallest absolute Gasteiger partial charge is 0.224 e. The Morgan fingerprint density at radius 3 is 2.84 bits per heavy atom. The van der Waals surface area contributed by atoms with Crippen LogP contribution in [0.15, 0.2) is 6.20 Å². The van der Waals surface area contributed by atoms with Crippen LogP contribution in [-0.2, 0) is 0 Å². The first-order chi connectivity index (χ1) is 9.19. The maximum Gasteiger partial charge on any atom is 0.224 e. The minimum Gasteiger partial charge on any atom is -0.396 e. The lowest BCUT2D eigenvalue weighted by Gasteiger charge is -2.19. The standard InChI is InChI=1S/C13H23FN4O/c1-3-7-15-13-16-10-11(14)12(17-13)18(2)8-5-4-6-9-19/h10,19H,3-9H2,1-2H3,(H,15,16,17). The Morgan fingerprint density at radius 1 is 1.37 bits per heavy atom. The van der Waals surface area contributed by atoms with E-state index in [9.17, 15) is 4.39 Å². The minimum atomic E-state index is -0.410. The van der Waals surface area contributed by atoms with E-state index in [4.69, 9.17) is 5.11 Å². The number of hydrogen-bond donors (Lipinski definition) is 2. The van der Waals surface area contributed by atoms with Crippen LogP contribution in [0.1, 0.15) is 32.6 Å². The van der Waals surface area contributed by atoms with Gasteiger partial charge in [0.25, 0.3) is 0 Å². The number of nitrogens with zero attached hydrogens (tertiary/aromatic N) is 3. The van der Waals surface area contributed by atoms with E-state index in [2.05, 4.69) is 15.3 Å². The normalized spacial score (nSPS) is 10.5. The van der Waals surface area contributed by atoms with Crippen LogP contribution in [0.2, 0.25) is 0 Å². The molecule has 0 aliphatic heterocycles. The van der Waals surface area contributed by atoms with Crippen LogP contribution in [0.4, 0.5) is 16.2 Å². The first-order valence-corrected chi connectivity index (χ1v) is 6.77. The molecule has 0 radical (unpaired) electrons. The molecule has 0 saturated carbocycles. The Kier molecular flexibility index (Phi) is 7.10. The molecule has 108 valence electrons. The van der Waals surface area contributed by atoms with E-state index in [0.29, 0.717) is 18.3 Å². The molecule has 1 rings (SSSR count). The number of hydrogen-bond acceptors (Lipinski definition) is 5. The van der Waals surface area contributed by atoms with Crippen molar-refractivity contribution < 1.29 is 9.50 Å². The van der Waals surface area contributed by atoms with Gasteiger partial charge in [-0.3, -0.25) is 0 Å². The second-order valence-corrected chi connectivity index (χ2v) is 4.50. The Morgan fingerprint density at radius 2 is 2.16 bits per heavy atom. The first kappa shape index (κ1) is 15.6. The van der Waals surface area contributed by atoms with Crippen LogP contribution >= 0.6 is 0 Å². The second-order valence-electron chi connectivity index (χ2n) is 4.50. The van der Waals surface area contributed by atoms with Crippen molar-refractivity contribution in [3.8, 4) is 0 Å². The highest BCUT2D eigenvalue weighted by Gasteiger charge is 2.11. The topological polar surface area (TPSA) is 61.3 Å². The van der Waals surface area contributed by atoms with Gasteiger partial charge in [0.15, 0.2) is 11.6 Å². The zero-order valence-electron chi connectivity index (χ0n) is 11.7. The van der Waals surface area contributed by atoms with Gasteiger partial charge in [-0.25, -0.2) is 9.37 Å². The maximum absolute atomic E-state index is 13.7. The molecule has 0 amide bonds. The third-order valence-corrected chi connectivity index (χ3v) is 2.77. The van der Waals surface area contributed by atoms with Gasteiger partial charge in [0, 0.05) is 26.7 Å². The minimum absolute atomic E-state index is 0.205. The molecule has 0 fully saturated rings. The van der Waals surface area contributed by atoms with Crippen LogP contribution in [0, 0.1) is 5.82 Å². The van der Waals surface area contributed by atoms with Gasteiger partial charge in [-0.1, -0.05) is 6.92 Å². The molecule has 6 heteroatoms. The molecule has 0 aliphatic rings. The molecule has 1 aromatic rings. The number of aromatic nitrogens is 2. The van der Waals surface area contributed by atoms with Crippen LogP contribution in [-0.4, -0.2) is 41.8 Å². The van der Waals surface area contributed by atoms with E-state index in [1.54, 1.807) is 4.90 Å². The average molecular weight is 270 g/mol. The van der Waals surface area contributed by atoms with Gasteiger partial charge in [0.1, 0.15) is 0 Å². The van der Waals surface area contributed by atoms with Crippen molar-refractivity contribution in [3.05, 3.63) is 12.0 Å². The fourth-order valence-corrected chi connectivity index (χ4v) is 1.69. The SMILES string of the molecule is CCCNc1ncc(F)c(N(C)CCCCCO)n1. The van der Waals surface area contributed by atoms with Crippen LogP contribution < -0.4 is 10.2 Å². The summed E-state index contributed by atoms with van der Waals surface area (Å²) in [6.45, 7) is 3.73. The first-order valence-electron chi connectivity index (χ1n) is 6.77. The number of anilines is 2. The molecule has 0 atom stereocenters. The van der Waals surface area contributed by atoms with Crippen LogP contribution in [0.25, 0.3) is 0 Å². The lowest BCUT2D eigenvalue weighted by molar-refractivity contribution is 0.283. The number of nitrogens with one attached hydrogen (secondary N) is 1. The molecule has 0 aliphatic carbocycles. The molecule has 5 nitrogen and oxygen atoms in total. The zero-order chi connectivity index (χ0) is 14.1. The molecule has 0 unspecified atom stereocenters. The van der Waals surface area contributed by atoms with Gasteiger partial charge in [0.2, 0.25) is 5.95 Å². The summed E-state index contributed by atoms with van der Waals surface area (Å²) in [7, 11) is 1.81. The molecule has 1 aromatic heterocycles. The van der Waals surface area contributed by atoms with Crippen molar-refractivity contribution in [2.45, 2.75) is 32.6 Å². The third-order valence-electron chi connectivity index (χ3n) is 2.77. The number of unbranched alkanes of at least 4 members (excludes halogenated alkanes) is 2. The van der Waals surface area contributed by atoms with Crippen LogP contribution in [0.5, 0.6) is 0 Å². The second kappa shape index (κ2) is 8.63. The van der Waals surface area contributed by atoms with Crippen molar-refractivity contribution in [2.24, 2.45) is 0 Å². The van der Waals surface area contributed by atoms with E-state index >= 15 is 0 Å². The van der Waals surface area contributed by atoms with Crippen molar-refractivity contribution in [2.75, 3.05) is 37.0 Å². The maximum atomic E-state index is 13.7. The molecule has 0 spiro atoms. The lowest BCUT2D eigenvalue weighted by Crippen LogP contribution is -2.22. The average Bonchev–Trinajstić information content (AvgIpc) is 2.42. The van der Waals surface area contributed by atoms with Gasteiger partial charge in [-0.05, 0) is 25.7 Å². The van der Waals surface area contributed by atoms with Crippen molar-refractivity contribution in [3.63, 3.8) is 0 Å². The van der Waals surface area contributed by atoms with Gasteiger partial charge in [0.05, 0.1) is 6.20 Å². The monoisotopic (exact) mass is 270 g/mol. The molecule has 0 saturated heterocycles. The van der Waals surface area contributed by atoms with Gasteiger partial charge in [-0.2, -0.15) is 4.98 Å². The molecular weight excluding hydrogens is 247 g/mol. The molecule has 0 aromatic carbocycles. The fourth-order valence-electron chi connectivity index (χ4n) is 1.69. The van der Waals surface area contributed by atoms with Crippen molar-refractivity contribution in [1.82, 2.24) is 9.97 Å². The third kappa shape index (κ3) is 5.38. The largest absolute Gasteiger partial charge is 0.396 e. The Bertz CT molecular complexity index is 376. The molecule has 1 heterocycles. The van der Waals surface area contributed by atoms with Gasteiger partial charge in [-0.15, -0.1) is 0 Å². The summed E-state index contributed by atoms with van der Waals surface area (Å²) in [5, 5.41) is 11.8. The van der Waals surface area contributed by atoms with E-state index in [1.165, 1.54) is 6.20 Å². The summed E-state index contributed by atoms with van der Waals surface area (Å²) in [5.74, 6) is 0.366. The van der Waals surface area contributed by atoms with Crippen molar-refractivity contribution in [1.29, 1.82) is 0 Å². The Balaban J connectivity index is 2.58. The van der Waals surface area contributed by atoms with E-state index < -0.39 is 5.82 Å². The Hall–Kier alpha value is -1.43. The predicted octanol–water partition coefficient (Wildman–Crippen LogP) is 2.04. The molecule has 0 bridgehead atoms. The highest BCUT2D eigenvalue weighted by atomic mass is 19.1. The van der Waals surface area contributed by atoms with Gasteiger partial charge >= 0.3 is 0 Å². The van der Waals surface area contributed by atoms with E-state index in [-0.39, 0.29) is 6.61 Å². The zero-order valence-corrected chi connectivity index (χ0v) is 11.7. The quantitative estimate of drug-likeness (QED) is 0.672. The molecular formula is C13H23FN4O. The van der Waals surface area contributed by atoms with Crippen LogP contribution in [0.3, 0.4) is 0 Å². The number of halogens is 1. The Labute approximate surface area is 113 Å². The fraction of sp³-hybridized carbons (Fsp3) is 0.692. The number of aliphatic hydroxyl groups is 1.